The topological polar surface area (TPSA) is 87.0 Å². The van der Waals surface area contributed by atoms with E-state index in [0.717, 1.165) is 55.6 Å². The molecule has 0 unspecified atom stereocenters. The first-order chi connectivity index (χ1) is 11.7. The molecule has 4 heterocycles. The van der Waals surface area contributed by atoms with Crippen molar-refractivity contribution in [3.8, 4) is 0 Å². The number of hydrogen-bond acceptors (Lipinski definition) is 7. The molecule has 0 bridgehead atoms. The minimum atomic E-state index is 0.324. The lowest BCUT2D eigenvalue weighted by atomic mass is 10.2. The fourth-order valence-electron chi connectivity index (χ4n) is 3.00. The maximum absolute atomic E-state index is 5.52. The number of imidazole rings is 1. The lowest BCUT2D eigenvalue weighted by molar-refractivity contribution is 0.246. The van der Waals surface area contributed by atoms with Gasteiger partial charge in [0.05, 0.1) is 12.0 Å². The second-order valence-electron chi connectivity index (χ2n) is 6.39. The first-order valence-electron chi connectivity index (χ1n) is 8.26. The van der Waals surface area contributed by atoms with Crippen molar-refractivity contribution in [2.24, 2.45) is 0 Å². The van der Waals surface area contributed by atoms with Crippen LogP contribution in [0.4, 0.5) is 5.82 Å². The molecule has 4 rings (SSSR count). The van der Waals surface area contributed by atoms with Gasteiger partial charge in [-0.3, -0.25) is 4.90 Å². The predicted octanol–water partition coefficient (Wildman–Crippen LogP) is 1.79. The highest BCUT2D eigenvalue weighted by atomic mass is 16.3. The van der Waals surface area contributed by atoms with E-state index in [1.807, 2.05) is 0 Å². The summed E-state index contributed by atoms with van der Waals surface area (Å²) in [7, 11) is 0. The van der Waals surface area contributed by atoms with Crippen molar-refractivity contribution in [3.63, 3.8) is 0 Å². The number of oxazole rings is 1. The third kappa shape index (κ3) is 2.84. The van der Waals surface area contributed by atoms with Crippen LogP contribution in [0.2, 0.25) is 0 Å². The molecule has 0 spiro atoms. The highest BCUT2D eigenvalue weighted by Gasteiger charge is 2.21. The van der Waals surface area contributed by atoms with Crippen LogP contribution in [0.3, 0.4) is 0 Å². The van der Waals surface area contributed by atoms with Gasteiger partial charge in [0.2, 0.25) is 0 Å². The molecule has 8 nitrogen and oxygen atoms in total. The van der Waals surface area contributed by atoms with Crippen LogP contribution in [0.15, 0.2) is 23.3 Å². The van der Waals surface area contributed by atoms with Gasteiger partial charge in [0, 0.05) is 38.6 Å². The van der Waals surface area contributed by atoms with Crippen LogP contribution in [0.5, 0.6) is 0 Å². The van der Waals surface area contributed by atoms with Gasteiger partial charge in [-0.2, -0.15) is 0 Å². The number of nitrogens with one attached hydrogen (secondary N) is 1. The fourth-order valence-corrected chi connectivity index (χ4v) is 3.00. The van der Waals surface area contributed by atoms with E-state index in [1.165, 1.54) is 0 Å². The molecule has 3 aromatic rings. The number of hydrogen-bond donors (Lipinski definition) is 1. The van der Waals surface area contributed by atoms with E-state index in [-0.39, 0.29) is 0 Å². The SMILES string of the molecule is CC(C)c1nc(CN2CCN(c3ncnc4nc[nH]c34)CC2)co1. The van der Waals surface area contributed by atoms with E-state index in [4.69, 9.17) is 4.42 Å². The summed E-state index contributed by atoms with van der Waals surface area (Å²) in [5.74, 6) is 2.07. The van der Waals surface area contributed by atoms with Crippen molar-refractivity contribution in [3.05, 3.63) is 30.5 Å². The zero-order chi connectivity index (χ0) is 16.5. The number of H-pyrrole nitrogens is 1. The zero-order valence-corrected chi connectivity index (χ0v) is 13.9. The van der Waals surface area contributed by atoms with Gasteiger partial charge < -0.3 is 14.3 Å². The van der Waals surface area contributed by atoms with Gasteiger partial charge >= 0.3 is 0 Å². The highest BCUT2D eigenvalue weighted by molar-refractivity contribution is 5.82. The molecular weight excluding hydrogens is 306 g/mol. The molecule has 0 aromatic carbocycles. The summed E-state index contributed by atoms with van der Waals surface area (Å²) in [6.45, 7) is 8.76. The lowest BCUT2D eigenvalue weighted by Gasteiger charge is -2.34. The number of aromatic amines is 1. The standard InChI is InChI=1S/C16H21N7O/c1-11(2)16-21-12(8-24-16)7-22-3-5-23(6-4-22)15-13-14(18-9-17-13)19-10-20-15/h8-11H,3-7H2,1-2H3,(H,17,18,19,20). The molecule has 0 amide bonds. The molecule has 8 heteroatoms. The van der Waals surface area contributed by atoms with Crippen LogP contribution in [0.1, 0.15) is 31.4 Å². The number of piperazine rings is 1. The second-order valence-corrected chi connectivity index (χ2v) is 6.39. The van der Waals surface area contributed by atoms with Crippen LogP contribution in [0, 0.1) is 0 Å². The van der Waals surface area contributed by atoms with E-state index < -0.39 is 0 Å². The van der Waals surface area contributed by atoms with Crippen molar-refractivity contribution < 1.29 is 4.42 Å². The maximum atomic E-state index is 5.52. The number of anilines is 1. The van der Waals surface area contributed by atoms with Gasteiger partial charge in [0.1, 0.15) is 18.1 Å². The summed E-state index contributed by atoms with van der Waals surface area (Å²) in [4.78, 5) is 25.2. The molecule has 0 aliphatic carbocycles. The lowest BCUT2D eigenvalue weighted by Crippen LogP contribution is -2.46. The van der Waals surface area contributed by atoms with Crippen LogP contribution in [0.25, 0.3) is 11.2 Å². The van der Waals surface area contributed by atoms with Crippen molar-refractivity contribution in [2.45, 2.75) is 26.3 Å². The summed E-state index contributed by atoms with van der Waals surface area (Å²) < 4.78 is 5.52. The quantitative estimate of drug-likeness (QED) is 0.781. The number of nitrogens with zero attached hydrogens (tertiary/aromatic N) is 6. The molecule has 1 fully saturated rings. The molecular formula is C16H21N7O. The Morgan fingerprint density at radius 3 is 2.75 bits per heavy atom. The molecule has 126 valence electrons. The molecule has 24 heavy (non-hydrogen) atoms. The first-order valence-corrected chi connectivity index (χ1v) is 8.26. The minimum absolute atomic E-state index is 0.324. The average Bonchev–Trinajstić information content (AvgIpc) is 3.24. The van der Waals surface area contributed by atoms with Gasteiger partial charge in [-0.05, 0) is 0 Å². The molecule has 0 atom stereocenters. The first kappa shape index (κ1) is 15.1. The Bertz CT molecular complexity index is 817. The third-order valence-electron chi connectivity index (χ3n) is 4.32. The highest BCUT2D eigenvalue weighted by Crippen LogP contribution is 2.21. The van der Waals surface area contributed by atoms with Gasteiger partial charge in [-0.1, -0.05) is 13.8 Å². The van der Waals surface area contributed by atoms with Crippen molar-refractivity contribution in [1.82, 2.24) is 29.8 Å². The summed E-state index contributed by atoms with van der Waals surface area (Å²) in [5.41, 5.74) is 2.63. The molecule has 1 saturated heterocycles. The number of fused-ring (bicyclic) bond motifs is 1. The molecule has 1 N–H and O–H groups in total. The summed E-state index contributed by atoms with van der Waals surface area (Å²) >= 11 is 0. The Labute approximate surface area is 139 Å². The van der Waals surface area contributed by atoms with Gasteiger partial charge in [-0.15, -0.1) is 0 Å². The van der Waals surface area contributed by atoms with Crippen molar-refractivity contribution >= 4 is 17.0 Å². The molecule has 1 aliphatic heterocycles. The Morgan fingerprint density at radius 1 is 1.17 bits per heavy atom. The molecule has 0 saturated carbocycles. The summed E-state index contributed by atoms with van der Waals surface area (Å²) in [6, 6.07) is 0. The minimum Gasteiger partial charge on any atom is -0.448 e. The Balaban J connectivity index is 1.40. The van der Waals surface area contributed by atoms with Gasteiger partial charge in [0.15, 0.2) is 17.4 Å². The third-order valence-corrected chi connectivity index (χ3v) is 4.32. The predicted molar refractivity (Wildman–Crippen MR) is 89.8 cm³/mol. The molecule has 3 aromatic heterocycles. The normalized spacial score (nSPS) is 16.4. The van der Waals surface area contributed by atoms with Crippen molar-refractivity contribution in [2.75, 3.05) is 31.1 Å². The number of aromatic nitrogens is 5. The maximum Gasteiger partial charge on any atom is 0.196 e. The Hall–Kier alpha value is -2.48. The van der Waals surface area contributed by atoms with Gasteiger partial charge in [0.25, 0.3) is 0 Å². The summed E-state index contributed by atoms with van der Waals surface area (Å²) in [5, 5.41) is 0. The van der Waals surface area contributed by atoms with Crippen LogP contribution >= 0.6 is 0 Å². The Kier molecular flexibility index (Phi) is 3.89. The van der Waals surface area contributed by atoms with E-state index in [2.05, 4.69) is 48.6 Å². The smallest absolute Gasteiger partial charge is 0.196 e. The van der Waals surface area contributed by atoms with E-state index in [9.17, 15) is 0 Å². The van der Waals surface area contributed by atoms with Gasteiger partial charge in [-0.25, -0.2) is 19.9 Å². The molecule has 0 radical (unpaired) electrons. The monoisotopic (exact) mass is 327 g/mol. The van der Waals surface area contributed by atoms with Crippen LogP contribution < -0.4 is 4.90 Å². The largest absolute Gasteiger partial charge is 0.448 e. The molecule has 1 aliphatic rings. The summed E-state index contributed by atoms with van der Waals surface area (Å²) in [6.07, 6.45) is 5.02. The fraction of sp³-hybridized carbons (Fsp3) is 0.500. The Morgan fingerprint density at radius 2 is 2.00 bits per heavy atom. The zero-order valence-electron chi connectivity index (χ0n) is 13.9. The van der Waals surface area contributed by atoms with E-state index >= 15 is 0 Å². The average molecular weight is 327 g/mol. The second kappa shape index (κ2) is 6.20. The van der Waals surface area contributed by atoms with E-state index in [0.29, 0.717) is 11.6 Å². The van der Waals surface area contributed by atoms with Crippen molar-refractivity contribution in [1.29, 1.82) is 0 Å². The van der Waals surface area contributed by atoms with E-state index in [1.54, 1.807) is 18.9 Å². The van der Waals surface area contributed by atoms with Crippen LogP contribution in [-0.4, -0.2) is 56.0 Å². The van der Waals surface area contributed by atoms with Crippen LogP contribution in [-0.2, 0) is 6.54 Å². The number of rotatable bonds is 4.